The van der Waals surface area contributed by atoms with E-state index in [1.807, 2.05) is 6.07 Å². The molecule has 3 heterocycles. The van der Waals surface area contributed by atoms with Gasteiger partial charge >= 0.3 is 5.97 Å². The van der Waals surface area contributed by atoms with Gasteiger partial charge in [-0.3, -0.25) is 4.79 Å². The number of rotatable bonds is 2. The molecule has 2 aliphatic heterocycles. The summed E-state index contributed by atoms with van der Waals surface area (Å²) in [5.74, 6) is -0.998. The van der Waals surface area contributed by atoms with Crippen LogP contribution in [0.2, 0.25) is 0 Å². The Labute approximate surface area is 174 Å². The molecule has 0 spiro atoms. The van der Waals surface area contributed by atoms with Gasteiger partial charge < -0.3 is 14.4 Å². The lowest BCUT2D eigenvalue weighted by atomic mass is 9.74. The maximum Gasteiger partial charge on any atom is 0.341 e. The first-order valence-electron chi connectivity index (χ1n) is 10.7. The number of ether oxygens (including phenoxy) is 1. The van der Waals surface area contributed by atoms with Crippen LogP contribution in [0.4, 0.5) is 4.39 Å². The van der Waals surface area contributed by atoms with Gasteiger partial charge in [0.15, 0.2) is 5.82 Å². The molecule has 1 atom stereocenters. The van der Waals surface area contributed by atoms with Crippen molar-refractivity contribution < 1.29 is 19.0 Å². The number of nitrogens with zero attached hydrogens (tertiary/aromatic N) is 1. The Morgan fingerprint density at radius 1 is 1.27 bits per heavy atom. The summed E-state index contributed by atoms with van der Waals surface area (Å²) in [5, 5.41) is 9.46. The second-order valence-electron chi connectivity index (χ2n) is 9.86. The SMILES string of the molecule is CC(C)(C)[C@@H]1Cc2c(cc(C3CCC3)c3c2CCO3)-c2c(F)c(=O)c(C(=O)O)cn21. The summed E-state index contributed by atoms with van der Waals surface area (Å²) >= 11 is 0. The van der Waals surface area contributed by atoms with Gasteiger partial charge in [-0.15, -0.1) is 0 Å². The molecule has 1 aromatic heterocycles. The quantitative estimate of drug-likeness (QED) is 0.778. The van der Waals surface area contributed by atoms with Crippen molar-refractivity contribution in [2.45, 2.75) is 64.8 Å². The largest absolute Gasteiger partial charge is 0.493 e. The van der Waals surface area contributed by atoms with Gasteiger partial charge in [0.25, 0.3) is 0 Å². The van der Waals surface area contributed by atoms with Gasteiger partial charge in [0, 0.05) is 29.8 Å². The van der Waals surface area contributed by atoms with Gasteiger partial charge in [0.05, 0.1) is 12.3 Å². The standard InChI is InChI=1S/C24H26FNO4/c1-24(2,3)18-10-15-13-7-8-30-22(13)14(12-5-4-6-12)9-16(15)20-19(25)21(27)17(23(28)29)11-26(18)20/h9,11-12,18H,4-8,10H2,1-3H3,(H,28,29)/t18-/m0/s1. The number of fused-ring (bicyclic) bond motifs is 5. The maximum absolute atomic E-state index is 15.5. The Morgan fingerprint density at radius 3 is 2.60 bits per heavy atom. The van der Waals surface area contributed by atoms with Gasteiger partial charge in [-0.05, 0) is 47.8 Å². The molecule has 158 valence electrons. The minimum absolute atomic E-state index is 0.174. The van der Waals surface area contributed by atoms with Gasteiger partial charge in [0.2, 0.25) is 5.43 Å². The smallest absolute Gasteiger partial charge is 0.341 e. The fourth-order valence-corrected chi connectivity index (χ4v) is 5.21. The van der Waals surface area contributed by atoms with E-state index in [1.54, 1.807) is 4.57 Å². The van der Waals surface area contributed by atoms with E-state index in [1.165, 1.54) is 12.6 Å². The number of benzene rings is 1. The Hall–Kier alpha value is -2.63. The monoisotopic (exact) mass is 411 g/mol. The van der Waals surface area contributed by atoms with Gasteiger partial charge in [0.1, 0.15) is 11.3 Å². The normalized spacial score (nSPS) is 20.1. The molecule has 5 rings (SSSR count). The summed E-state index contributed by atoms with van der Waals surface area (Å²) in [6.07, 6.45) is 6.14. The van der Waals surface area contributed by atoms with E-state index in [9.17, 15) is 14.7 Å². The van der Waals surface area contributed by atoms with E-state index in [0.29, 0.717) is 18.9 Å². The predicted molar refractivity (Wildman–Crippen MR) is 111 cm³/mol. The molecule has 30 heavy (non-hydrogen) atoms. The minimum atomic E-state index is -1.40. The highest BCUT2D eigenvalue weighted by molar-refractivity contribution is 5.88. The number of hydrogen-bond donors (Lipinski definition) is 1. The van der Waals surface area contributed by atoms with Crippen molar-refractivity contribution in [1.82, 2.24) is 4.57 Å². The lowest BCUT2D eigenvalue weighted by Crippen LogP contribution is -2.35. The molecular formula is C24H26FNO4. The van der Waals surface area contributed by atoms with E-state index < -0.39 is 22.8 Å². The highest BCUT2D eigenvalue weighted by Gasteiger charge is 2.39. The number of carbonyl (C=O) groups is 1. The molecule has 1 fully saturated rings. The molecular weight excluding hydrogens is 385 g/mol. The maximum atomic E-state index is 15.5. The molecule has 0 radical (unpaired) electrons. The van der Waals surface area contributed by atoms with Crippen LogP contribution in [0.25, 0.3) is 11.3 Å². The van der Waals surface area contributed by atoms with Crippen molar-refractivity contribution in [3.63, 3.8) is 0 Å². The zero-order valence-corrected chi connectivity index (χ0v) is 17.5. The fourth-order valence-electron chi connectivity index (χ4n) is 5.21. The Morgan fingerprint density at radius 2 is 2.00 bits per heavy atom. The first-order valence-corrected chi connectivity index (χ1v) is 10.7. The second kappa shape index (κ2) is 6.43. The van der Waals surface area contributed by atoms with Crippen LogP contribution in [-0.2, 0) is 12.8 Å². The van der Waals surface area contributed by atoms with Crippen LogP contribution in [0.1, 0.15) is 79.0 Å². The molecule has 1 N–H and O–H groups in total. The summed E-state index contributed by atoms with van der Waals surface area (Å²) in [5.41, 5.74) is 2.43. The van der Waals surface area contributed by atoms with E-state index >= 15 is 4.39 Å². The highest BCUT2D eigenvalue weighted by atomic mass is 19.1. The van der Waals surface area contributed by atoms with Crippen LogP contribution in [0.5, 0.6) is 5.75 Å². The summed E-state index contributed by atoms with van der Waals surface area (Å²) < 4.78 is 23.2. The van der Waals surface area contributed by atoms with Crippen molar-refractivity contribution in [1.29, 1.82) is 0 Å². The molecule has 2 aromatic rings. The number of hydrogen-bond acceptors (Lipinski definition) is 3. The van der Waals surface area contributed by atoms with E-state index in [2.05, 4.69) is 20.8 Å². The van der Waals surface area contributed by atoms with Crippen molar-refractivity contribution in [3.05, 3.63) is 50.6 Å². The Balaban J connectivity index is 1.85. The summed E-state index contributed by atoms with van der Waals surface area (Å²) in [6.45, 7) is 6.80. The molecule has 6 heteroatoms. The topological polar surface area (TPSA) is 68.5 Å². The van der Waals surface area contributed by atoms with E-state index in [-0.39, 0.29) is 17.2 Å². The zero-order chi connectivity index (χ0) is 21.4. The number of halogens is 1. The van der Waals surface area contributed by atoms with Crippen LogP contribution in [0.3, 0.4) is 0 Å². The molecule has 3 aliphatic rings. The van der Waals surface area contributed by atoms with E-state index in [4.69, 9.17) is 4.74 Å². The third-order valence-corrected chi connectivity index (χ3v) is 7.07. The third kappa shape index (κ3) is 2.65. The average molecular weight is 411 g/mol. The Kier molecular flexibility index (Phi) is 4.15. The molecule has 0 unspecified atom stereocenters. The summed E-state index contributed by atoms with van der Waals surface area (Å²) in [7, 11) is 0. The predicted octanol–water partition coefficient (Wildman–Crippen LogP) is 4.70. The van der Waals surface area contributed by atoms with Gasteiger partial charge in [-0.2, -0.15) is 0 Å². The molecule has 0 bridgehead atoms. The van der Waals surface area contributed by atoms with Crippen LogP contribution >= 0.6 is 0 Å². The number of carboxylic acids is 1. The number of aromatic nitrogens is 1. The van der Waals surface area contributed by atoms with Crippen LogP contribution < -0.4 is 10.2 Å². The first-order chi connectivity index (χ1) is 14.2. The van der Waals surface area contributed by atoms with Crippen LogP contribution in [0.15, 0.2) is 17.1 Å². The van der Waals surface area contributed by atoms with E-state index in [0.717, 1.165) is 47.3 Å². The molecule has 1 aliphatic carbocycles. The second-order valence-corrected chi connectivity index (χ2v) is 9.86. The number of pyridine rings is 1. The molecule has 1 aromatic carbocycles. The number of aromatic carboxylic acids is 1. The van der Waals surface area contributed by atoms with Crippen molar-refractivity contribution in [3.8, 4) is 17.0 Å². The Bertz CT molecular complexity index is 1140. The molecule has 1 saturated carbocycles. The lowest BCUT2D eigenvalue weighted by molar-refractivity contribution is 0.0692. The minimum Gasteiger partial charge on any atom is -0.493 e. The lowest BCUT2D eigenvalue weighted by Gasteiger charge is -2.40. The van der Waals surface area contributed by atoms with Crippen LogP contribution in [0, 0.1) is 11.2 Å². The summed E-state index contributed by atoms with van der Waals surface area (Å²) in [6, 6.07) is 1.84. The zero-order valence-electron chi connectivity index (χ0n) is 17.5. The van der Waals surface area contributed by atoms with Crippen molar-refractivity contribution in [2.24, 2.45) is 5.41 Å². The third-order valence-electron chi connectivity index (χ3n) is 7.07. The van der Waals surface area contributed by atoms with Crippen molar-refractivity contribution >= 4 is 5.97 Å². The molecule has 5 nitrogen and oxygen atoms in total. The van der Waals surface area contributed by atoms with Crippen LogP contribution in [-0.4, -0.2) is 22.2 Å². The summed E-state index contributed by atoms with van der Waals surface area (Å²) in [4.78, 5) is 24.2. The van der Waals surface area contributed by atoms with Gasteiger partial charge in [-0.1, -0.05) is 27.2 Å². The highest BCUT2D eigenvalue weighted by Crippen LogP contribution is 2.51. The van der Waals surface area contributed by atoms with Crippen molar-refractivity contribution in [2.75, 3.05) is 6.61 Å². The molecule has 0 saturated heterocycles. The van der Waals surface area contributed by atoms with Gasteiger partial charge in [-0.25, -0.2) is 9.18 Å². The number of carboxylic acid groups (broad SMARTS) is 1. The molecule has 0 amide bonds. The fraction of sp³-hybridized carbons (Fsp3) is 0.500. The average Bonchev–Trinajstić information content (AvgIpc) is 3.11. The first kappa shape index (κ1) is 19.3.